The minimum absolute atomic E-state index is 0.149. The summed E-state index contributed by atoms with van der Waals surface area (Å²) in [6.07, 6.45) is 92.0. The topological polar surface area (TPSA) is 111 Å². The first-order valence-electron chi connectivity index (χ1n) is 38.9. The largest absolute Gasteiger partial charge is 0.545 e. The Kier molecular flexibility index (Phi) is 69.4. The lowest BCUT2D eigenvalue weighted by atomic mass is 10.0. The van der Waals surface area contributed by atoms with Crippen LogP contribution in [-0.4, -0.2) is 82.3 Å². The third-order valence-corrected chi connectivity index (χ3v) is 17.5. The smallest absolute Gasteiger partial charge is 0.306 e. The van der Waals surface area contributed by atoms with E-state index in [1.165, 1.54) is 283 Å². The molecular formula is C81H149NO8. The molecule has 0 aromatic heterocycles. The molecule has 0 aliphatic heterocycles. The summed E-state index contributed by atoms with van der Waals surface area (Å²) in [4.78, 5) is 37.6. The number of aliphatic carboxylic acids is 1. The van der Waals surface area contributed by atoms with Gasteiger partial charge in [-0.05, 0) is 57.8 Å². The molecular weight excluding hydrogens is 1110 g/mol. The first-order chi connectivity index (χ1) is 44.1. The third-order valence-electron chi connectivity index (χ3n) is 17.5. The maximum absolute atomic E-state index is 13.0. The summed E-state index contributed by atoms with van der Waals surface area (Å²) in [7, 11) is 5.95. The van der Waals surface area contributed by atoms with Gasteiger partial charge in [0.1, 0.15) is 13.2 Å². The lowest BCUT2D eigenvalue weighted by Crippen LogP contribution is -2.44. The summed E-state index contributed by atoms with van der Waals surface area (Å²) in [6.45, 7) is 4.71. The van der Waals surface area contributed by atoms with E-state index in [4.69, 9.17) is 18.9 Å². The molecule has 0 heterocycles. The van der Waals surface area contributed by atoms with Gasteiger partial charge in [-0.3, -0.25) is 9.59 Å². The number of carboxylic acids is 1. The molecule has 9 nitrogen and oxygen atoms in total. The van der Waals surface area contributed by atoms with Crippen molar-refractivity contribution in [1.29, 1.82) is 0 Å². The number of likely N-dealkylation sites (N-methyl/N-ethyl adjacent to an activating group) is 1. The van der Waals surface area contributed by atoms with Crippen LogP contribution in [0.3, 0.4) is 0 Å². The van der Waals surface area contributed by atoms with Crippen LogP contribution in [0.15, 0.2) is 60.8 Å². The standard InChI is InChI=1S/C81H149NO8/c1-6-8-10-12-14-16-18-20-22-24-26-28-30-32-34-36-38-40-42-44-46-48-50-52-54-56-58-60-62-64-66-68-70-72-79(84)90-77(76-89-81(80(85)86)87-74-73-82(3,4)5)75-88-78(83)71-69-67-65-63-61-59-57-55-53-51-49-47-45-43-41-39-37-35-33-31-29-27-25-23-21-19-17-15-13-11-9-7-2/h8,10,14,16,20,22,26,28,32,34,77,81H,6-7,9,11-13,15,17-19,21,23-25,27,29-31,33,35-76H2,1-5H3/b10-8-,16-14-,22-20-,28-26-,34-32-. The number of unbranched alkanes of at least 4 members (excludes halogenated alkanes) is 48. The van der Waals surface area contributed by atoms with Gasteiger partial charge in [0.15, 0.2) is 12.4 Å². The van der Waals surface area contributed by atoms with Crippen LogP contribution >= 0.6 is 0 Å². The van der Waals surface area contributed by atoms with Crippen LogP contribution in [0.25, 0.3) is 0 Å². The second-order valence-corrected chi connectivity index (χ2v) is 27.6. The Morgan fingerprint density at radius 1 is 0.344 bits per heavy atom. The Bertz CT molecular complexity index is 1660. The van der Waals surface area contributed by atoms with E-state index in [1.54, 1.807) is 0 Å². The van der Waals surface area contributed by atoms with Crippen molar-refractivity contribution in [1.82, 2.24) is 0 Å². The van der Waals surface area contributed by atoms with Crippen molar-refractivity contribution in [3.63, 3.8) is 0 Å². The number of nitrogens with zero attached hydrogens (tertiary/aromatic N) is 1. The summed E-state index contributed by atoms with van der Waals surface area (Å²) >= 11 is 0. The minimum atomic E-state index is -1.62. The molecule has 0 radical (unpaired) electrons. The van der Waals surface area contributed by atoms with Crippen molar-refractivity contribution in [2.45, 2.75) is 392 Å². The normalized spacial score (nSPS) is 12.9. The predicted octanol–water partition coefficient (Wildman–Crippen LogP) is 23.3. The van der Waals surface area contributed by atoms with E-state index in [1.807, 2.05) is 21.1 Å². The molecule has 2 atom stereocenters. The highest BCUT2D eigenvalue weighted by atomic mass is 16.7. The van der Waals surface area contributed by atoms with E-state index in [0.717, 1.165) is 64.2 Å². The van der Waals surface area contributed by atoms with E-state index in [0.29, 0.717) is 23.9 Å². The van der Waals surface area contributed by atoms with Gasteiger partial charge in [0.05, 0.1) is 40.3 Å². The molecule has 0 aliphatic carbocycles. The van der Waals surface area contributed by atoms with Gasteiger partial charge in [-0.25, -0.2) is 0 Å². The number of hydrogen-bond acceptors (Lipinski definition) is 8. The highest BCUT2D eigenvalue weighted by Crippen LogP contribution is 2.20. The predicted molar refractivity (Wildman–Crippen MR) is 385 cm³/mol. The first-order valence-corrected chi connectivity index (χ1v) is 38.9. The van der Waals surface area contributed by atoms with Gasteiger partial charge in [0.25, 0.3) is 0 Å². The Labute approximate surface area is 558 Å². The zero-order valence-electron chi connectivity index (χ0n) is 60.3. The first kappa shape index (κ1) is 87.0. The summed E-state index contributed by atoms with van der Waals surface area (Å²) in [5.74, 6) is -2.25. The maximum Gasteiger partial charge on any atom is 0.306 e. The lowest BCUT2D eigenvalue weighted by Gasteiger charge is -2.26. The highest BCUT2D eigenvalue weighted by Gasteiger charge is 2.22. The maximum atomic E-state index is 13.0. The zero-order chi connectivity index (χ0) is 65.4. The molecule has 0 amide bonds. The number of carboxylic acid groups (broad SMARTS) is 1. The molecule has 0 N–H and O–H groups in total. The van der Waals surface area contributed by atoms with E-state index in [-0.39, 0.29) is 32.2 Å². The Morgan fingerprint density at radius 2 is 0.633 bits per heavy atom. The van der Waals surface area contributed by atoms with Crippen LogP contribution in [0.1, 0.15) is 380 Å². The molecule has 0 aromatic carbocycles. The average Bonchev–Trinajstić information content (AvgIpc) is 3.72. The van der Waals surface area contributed by atoms with E-state index < -0.39 is 24.3 Å². The number of esters is 2. The molecule has 0 saturated heterocycles. The third kappa shape index (κ3) is 72.4. The highest BCUT2D eigenvalue weighted by molar-refractivity contribution is 5.70. The van der Waals surface area contributed by atoms with Crippen LogP contribution in [0.2, 0.25) is 0 Å². The molecule has 0 saturated carbocycles. The molecule has 0 aromatic rings. The molecule has 526 valence electrons. The number of ether oxygens (including phenoxy) is 4. The fourth-order valence-electron chi connectivity index (χ4n) is 11.6. The fourth-order valence-corrected chi connectivity index (χ4v) is 11.6. The molecule has 0 spiro atoms. The van der Waals surface area contributed by atoms with Gasteiger partial charge in [0.2, 0.25) is 0 Å². The molecule has 0 rings (SSSR count). The second-order valence-electron chi connectivity index (χ2n) is 27.6. The second kappa shape index (κ2) is 71.8. The number of hydrogen-bond donors (Lipinski definition) is 0. The van der Waals surface area contributed by atoms with Crippen molar-refractivity contribution < 1.29 is 42.9 Å². The summed E-state index contributed by atoms with van der Waals surface area (Å²) in [6, 6.07) is 0. The minimum Gasteiger partial charge on any atom is -0.545 e. The van der Waals surface area contributed by atoms with Gasteiger partial charge < -0.3 is 33.3 Å². The summed E-state index contributed by atoms with van der Waals surface area (Å²) in [5.41, 5.74) is 0. The fraction of sp³-hybridized carbons (Fsp3) is 0.840. The quantitative estimate of drug-likeness (QED) is 0.0195. The Balaban J connectivity index is 4.00. The van der Waals surface area contributed by atoms with Crippen LogP contribution in [-0.2, 0) is 33.3 Å². The molecule has 0 fully saturated rings. The summed E-state index contributed by atoms with van der Waals surface area (Å²) in [5, 5.41) is 11.9. The number of carbonyl (C=O) groups is 3. The lowest BCUT2D eigenvalue weighted by molar-refractivity contribution is -0.870. The van der Waals surface area contributed by atoms with E-state index >= 15 is 0 Å². The monoisotopic (exact) mass is 1260 g/mol. The molecule has 0 aliphatic rings. The molecule has 90 heavy (non-hydrogen) atoms. The number of carbonyl (C=O) groups excluding carboxylic acids is 3. The van der Waals surface area contributed by atoms with Crippen LogP contribution < -0.4 is 5.11 Å². The van der Waals surface area contributed by atoms with Crippen LogP contribution in [0, 0.1) is 0 Å². The molecule has 0 bridgehead atoms. The van der Waals surface area contributed by atoms with Crippen molar-refractivity contribution >= 4 is 17.9 Å². The number of rotatable bonds is 73. The number of quaternary nitrogens is 1. The number of allylic oxidation sites excluding steroid dienone is 10. The van der Waals surface area contributed by atoms with Gasteiger partial charge in [-0.15, -0.1) is 0 Å². The van der Waals surface area contributed by atoms with Gasteiger partial charge in [0, 0.05) is 12.8 Å². The van der Waals surface area contributed by atoms with Gasteiger partial charge >= 0.3 is 11.9 Å². The molecule has 9 heteroatoms. The van der Waals surface area contributed by atoms with Crippen LogP contribution in [0.4, 0.5) is 0 Å². The van der Waals surface area contributed by atoms with Crippen molar-refractivity contribution in [3.05, 3.63) is 60.8 Å². The van der Waals surface area contributed by atoms with Crippen LogP contribution in [0.5, 0.6) is 0 Å². The zero-order valence-corrected chi connectivity index (χ0v) is 60.3. The molecule has 2 unspecified atom stereocenters. The van der Waals surface area contributed by atoms with Crippen molar-refractivity contribution in [3.8, 4) is 0 Å². The average molecular weight is 1270 g/mol. The van der Waals surface area contributed by atoms with Gasteiger partial charge in [-0.2, -0.15) is 0 Å². The van der Waals surface area contributed by atoms with Gasteiger partial charge in [-0.1, -0.05) is 370 Å². The Morgan fingerprint density at radius 3 is 0.944 bits per heavy atom. The van der Waals surface area contributed by atoms with Crippen molar-refractivity contribution in [2.75, 3.05) is 47.5 Å². The van der Waals surface area contributed by atoms with E-state index in [9.17, 15) is 19.5 Å². The van der Waals surface area contributed by atoms with Crippen molar-refractivity contribution in [2.24, 2.45) is 0 Å². The summed E-state index contributed by atoms with van der Waals surface area (Å²) < 4.78 is 22.9. The Hall–Kier alpha value is -3.01. The van der Waals surface area contributed by atoms with E-state index in [2.05, 4.69) is 74.6 Å². The SMILES string of the molecule is CC/C=C\C/C=C\C/C=C\C/C=C\C/C=C\CCCCCCCCCCCCCCCCCCCC(=O)OC(COC(=O)CCCCCCCCCCCCCCCCCCCCCCCCCCCCCCCCCC)COC(OCC[N+](C)(C)C)C(=O)[O-].